The van der Waals surface area contributed by atoms with Crippen LogP contribution in [0.2, 0.25) is 0 Å². The van der Waals surface area contributed by atoms with Gasteiger partial charge in [-0.25, -0.2) is 4.39 Å². The summed E-state index contributed by atoms with van der Waals surface area (Å²) in [6.07, 6.45) is 0.992. The zero-order valence-corrected chi connectivity index (χ0v) is 12.6. The molecule has 3 rings (SSSR count). The minimum absolute atomic E-state index is 0.0931. The molecule has 0 aliphatic carbocycles. The first kappa shape index (κ1) is 14.2. The van der Waals surface area contributed by atoms with E-state index in [-0.39, 0.29) is 11.2 Å². The fourth-order valence-electron chi connectivity index (χ4n) is 2.72. The third-order valence-electron chi connectivity index (χ3n) is 4.44. The van der Waals surface area contributed by atoms with Crippen molar-refractivity contribution in [3.8, 4) is 0 Å². The molecule has 5 heteroatoms. The summed E-state index contributed by atoms with van der Waals surface area (Å²) in [5, 5.41) is 7.50. The number of hydrogen-bond acceptors (Lipinski definition) is 4. The van der Waals surface area contributed by atoms with Gasteiger partial charge in [-0.15, -0.1) is 0 Å². The van der Waals surface area contributed by atoms with Crippen molar-refractivity contribution in [1.82, 2.24) is 15.5 Å². The molecule has 1 aliphatic rings. The van der Waals surface area contributed by atoms with Gasteiger partial charge in [0, 0.05) is 6.54 Å². The van der Waals surface area contributed by atoms with E-state index in [1.807, 2.05) is 13.8 Å². The van der Waals surface area contributed by atoms with Gasteiger partial charge in [0.1, 0.15) is 5.82 Å². The SMILES string of the molecule is CC1(c2nc(C(C)(C)c3ccc(F)cc3)no2)CCNC1. The first-order valence-corrected chi connectivity index (χ1v) is 7.23. The molecule has 0 saturated carbocycles. The van der Waals surface area contributed by atoms with Gasteiger partial charge in [-0.1, -0.05) is 17.3 Å². The minimum Gasteiger partial charge on any atom is -0.339 e. The van der Waals surface area contributed by atoms with Gasteiger partial charge in [0.05, 0.1) is 10.8 Å². The average Bonchev–Trinajstić information content (AvgIpc) is 3.09. The Bertz CT molecular complexity index is 627. The standard InChI is InChI=1S/C16H20FN3O/c1-15(2,11-4-6-12(17)7-5-11)13-19-14(21-20-13)16(3)8-9-18-10-16/h4-7,18H,8-10H2,1-3H3. The van der Waals surface area contributed by atoms with Crippen molar-refractivity contribution in [2.24, 2.45) is 0 Å². The van der Waals surface area contributed by atoms with Gasteiger partial charge in [0.15, 0.2) is 5.82 Å². The molecule has 1 aliphatic heterocycles. The van der Waals surface area contributed by atoms with E-state index < -0.39 is 5.41 Å². The lowest BCUT2D eigenvalue weighted by Gasteiger charge is -2.21. The Morgan fingerprint density at radius 1 is 1.29 bits per heavy atom. The van der Waals surface area contributed by atoms with Crippen LogP contribution in [-0.4, -0.2) is 23.2 Å². The Labute approximate surface area is 123 Å². The molecule has 112 valence electrons. The van der Waals surface area contributed by atoms with Crippen molar-refractivity contribution in [3.63, 3.8) is 0 Å². The highest BCUT2D eigenvalue weighted by Crippen LogP contribution is 2.33. The fourth-order valence-corrected chi connectivity index (χ4v) is 2.72. The van der Waals surface area contributed by atoms with Gasteiger partial charge in [0.2, 0.25) is 5.89 Å². The highest BCUT2D eigenvalue weighted by atomic mass is 19.1. The molecule has 1 unspecified atom stereocenters. The molecule has 4 nitrogen and oxygen atoms in total. The summed E-state index contributed by atoms with van der Waals surface area (Å²) in [5.41, 5.74) is 0.452. The Morgan fingerprint density at radius 2 is 2.00 bits per heavy atom. The zero-order valence-electron chi connectivity index (χ0n) is 12.6. The maximum atomic E-state index is 13.1. The summed E-state index contributed by atoms with van der Waals surface area (Å²) in [6.45, 7) is 7.99. The van der Waals surface area contributed by atoms with Crippen molar-refractivity contribution in [2.45, 2.75) is 38.0 Å². The zero-order chi connectivity index (χ0) is 15.1. The van der Waals surface area contributed by atoms with E-state index in [0.29, 0.717) is 11.7 Å². The molecule has 1 aromatic carbocycles. The largest absolute Gasteiger partial charge is 0.339 e. The Hall–Kier alpha value is -1.75. The summed E-state index contributed by atoms with van der Waals surface area (Å²) in [5.74, 6) is 1.07. The molecule has 0 spiro atoms. The molecule has 1 aromatic heterocycles. The third kappa shape index (κ3) is 2.46. The van der Waals surface area contributed by atoms with E-state index >= 15 is 0 Å². The van der Waals surface area contributed by atoms with E-state index in [2.05, 4.69) is 22.4 Å². The van der Waals surface area contributed by atoms with Crippen LogP contribution in [0.15, 0.2) is 28.8 Å². The Balaban J connectivity index is 1.93. The number of nitrogens with zero attached hydrogens (tertiary/aromatic N) is 2. The van der Waals surface area contributed by atoms with Crippen molar-refractivity contribution in [3.05, 3.63) is 47.4 Å². The van der Waals surface area contributed by atoms with E-state index in [0.717, 1.165) is 25.1 Å². The van der Waals surface area contributed by atoms with Crippen LogP contribution in [0.25, 0.3) is 0 Å². The molecule has 1 fully saturated rings. The molecule has 0 amide bonds. The van der Waals surface area contributed by atoms with Crippen LogP contribution in [0, 0.1) is 5.82 Å². The predicted octanol–water partition coefficient (Wildman–Crippen LogP) is 2.79. The van der Waals surface area contributed by atoms with E-state index in [1.54, 1.807) is 12.1 Å². The second kappa shape index (κ2) is 4.91. The summed E-state index contributed by atoms with van der Waals surface area (Å²) in [7, 11) is 0. The number of nitrogens with one attached hydrogen (secondary N) is 1. The summed E-state index contributed by atoms with van der Waals surface area (Å²) in [4.78, 5) is 4.62. The molecule has 0 bridgehead atoms. The summed E-state index contributed by atoms with van der Waals surface area (Å²) < 4.78 is 18.6. The van der Waals surface area contributed by atoms with Gasteiger partial charge < -0.3 is 9.84 Å². The highest BCUT2D eigenvalue weighted by molar-refractivity contribution is 5.31. The van der Waals surface area contributed by atoms with Gasteiger partial charge in [-0.3, -0.25) is 0 Å². The molecule has 1 N–H and O–H groups in total. The van der Waals surface area contributed by atoms with Crippen molar-refractivity contribution in [2.75, 3.05) is 13.1 Å². The van der Waals surface area contributed by atoms with Crippen LogP contribution in [-0.2, 0) is 10.8 Å². The monoisotopic (exact) mass is 289 g/mol. The molecule has 2 aromatic rings. The van der Waals surface area contributed by atoms with Crippen molar-refractivity contribution < 1.29 is 8.91 Å². The van der Waals surface area contributed by atoms with Crippen LogP contribution in [0.4, 0.5) is 4.39 Å². The Kier molecular flexibility index (Phi) is 3.32. The lowest BCUT2D eigenvalue weighted by Crippen LogP contribution is -2.26. The van der Waals surface area contributed by atoms with Crippen LogP contribution in [0.1, 0.15) is 44.5 Å². The van der Waals surface area contributed by atoms with Crippen LogP contribution in [0.3, 0.4) is 0 Å². The van der Waals surface area contributed by atoms with Crippen LogP contribution < -0.4 is 5.32 Å². The number of aromatic nitrogens is 2. The second-order valence-corrected chi connectivity index (χ2v) is 6.54. The van der Waals surface area contributed by atoms with E-state index in [4.69, 9.17) is 4.52 Å². The first-order valence-electron chi connectivity index (χ1n) is 7.23. The Morgan fingerprint density at radius 3 is 2.62 bits per heavy atom. The van der Waals surface area contributed by atoms with Crippen LogP contribution in [0.5, 0.6) is 0 Å². The quantitative estimate of drug-likeness (QED) is 0.944. The van der Waals surface area contributed by atoms with Gasteiger partial charge in [-0.05, 0) is 51.4 Å². The van der Waals surface area contributed by atoms with Gasteiger partial charge in [-0.2, -0.15) is 4.98 Å². The van der Waals surface area contributed by atoms with Crippen molar-refractivity contribution in [1.29, 1.82) is 0 Å². The van der Waals surface area contributed by atoms with E-state index in [9.17, 15) is 4.39 Å². The topological polar surface area (TPSA) is 51.0 Å². The first-order chi connectivity index (χ1) is 9.92. The molecular formula is C16H20FN3O. The lowest BCUT2D eigenvalue weighted by atomic mass is 9.83. The molecule has 2 heterocycles. The number of hydrogen-bond donors (Lipinski definition) is 1. The number of benzene rings is 1. The van der Waals surface area contributed by atoms with Crippen molar-refractivity contribution >= 4 is 0 Å². The van der Waals surface area contributed by atoms with Gasteiger partial charge in [0.25, 0.3) is 0 Å². The number of halogens is 1. The predicted molar refractivity (Wildman–Crippen MR) is 77.7 cm³/mol. The van der Waals surface area contributed by atoms with Crippen LogP contribution >= 0.6 is 0 Å². The lowest BCUT2D eigenvalue weighted by molar-refractivity contribution is 0.302. The van der Waals surface area contributed by atoms with Gasteiger partial charge >= 0.3 is 0 Å². The molecule has 1 saturated heterocycles. The molecule has 1 atom stereocenters. The summed E-state index contributed by atoms with van der Waals surface area (Å²) in [6, 6.07) is 6.45. The fraction of sp³-hybridized carbons (Fsp3) is 0.500. The summed E-state index contributed by atoms with van der Waals surface area (Å²) >= 11 is 0. The molecule has 21 heavy (non-hydrogen) atoms. The maximum Gasteiger partial charge on any atom is 0.233 e. The smallest absolute Gasteiger partial charge is 0.233 e. The number of rotatable bonds is 3. The second-order valence-electron chi connectivity index (χ2n) is 6.54. The molecular weight excluding hydrogens is 269 g/mol. The average molecular weight is 289 g/mol. The normalized spacial score (nSPS) is 22.7. The highest BCUT2D eigenvalue weighted by Gasteiger charge is 2.38. The third-order valence-corrected chi connectivity index (χ3v) is 4.44. The molecule has 0 radical (unpaired) electrons. The minimum atomic E-state index is -0.419. The van der Waals surface area contributed by atoms with E-state index in [1.165, 1.54) is 12.1 Å². The maximum absolute atomic E-state index is 13.1.